The summed E-state index contributed by atoms with van der Waals surface area (Å²) >= 11 is 7.32. The molecule has 1 aromatic heterocycles. The minimum absolute atomic E-state index is 0.0628. The van der Waals surface area contributed by atoms with Gasteiger partial charge in [0.1, 0.15) is 0 Å². The minimum Gasteiger partial charge on any atom is -0.351 e. The molecule has 1 aliphatic rings. The molecule has 4 rings (SSSR count). The van der Waals surface area contributed by atoms with Crippen LogP contribution in [0.1, 0.15) is 12.0 Å². The van der Waals surface area contributed by atoms with E-state index in [0.29, 0.717) is 27.6 Å². The third-order valence-electron chi connectivity index (χ3n) is 5.41. The third-order valence-corrected chi connectivity index (χ3v) is 6.62. The number of amides is 1. The fourth-order valence-corrected chi connectivity index (χ4v) is 4.90. The van der Waals surface area contributed by atoms with Crippen molar-refractivity contribution in [1.29, 1.82) is 0 Å². The lowest BCUT2D eigenvalue weighted by molar-refractivity contribution is -0.119. The first-order valence-corrected chi connectivity index (χ1v) is 11.9. The van der Waals surface area contributed by atoms with E-state index in [1.807, 2.05) is 18.2 Å². The zero-order valence-electron chi connectivity index (χ0n) is 17.7. The number of allylic oxidation sites excluding steroid dienone is 1. The standard InChI is InChI=1S/C24H25ClN4O2S/c1-2-11-29-23(31)20-9-8-18(25)13-21(20)27-24(29)32-16-22(30)26-19-10-12-28(15-19)14-17-6-4-3-5-7-17/h2-9,13,19H,1,10-12,14-16H2,(H,26,30)/t19-/m1/s1. The fraction of sp³-hybridized carbons (Fsp3) is 0.292. The first-order valence-electron chi connectivity index (χ1n) is 10.5. The van der Waals surface area contributed by atoms with Gasteiger partial charge in [-0.05, 0) is 30.2 Å². The molecule has 1 N–H and O–H groups in total. The number of aromatic nitrogens is 2. The van der Waals surface area contributed by atoms with Gasteiger partial charge in [-0.2, -0.15) is 0 Å². The van der Waals surface area contributed by atoms with Gasteiger partial charge >= 0.3 is 0 Å². The summed E-state index contributed by atoms with van der Waals surface area (Å²) in [5.41, 5.74) is 1.64. The number of nitrogens with zero attached hydrogens (tertiary/aromatic N) is 3. The molecule has 1 amide bonds. The molecule has 8 heteroatoms. The highest BCUT2D eigenvalue weighted by Crippen LogP contribution is 2.21. The molecule has 0 bridgehead atoms. The number of hydrogen-bond acceptors (Lipinski definition) is 5. The molecule has 0 aliphatic carbocycles. The largest absolute Gasteiger partial charge is 0.351 e. The van der Waals surface area contributed by atoms with E-state index in [-0.39, 0.29) is 23.3 Å². The Morgan fingerprint density at radius 3 is 2.88 bits per heavy atom. The molecule has 0 saturated carbocycles. The molecule has 1 fully saturated rings. The number of benzene rings is 2. The predicted molar refractivity (Wildman–Crippen MR) is 130 cm³/mol. The van der Waals surface area contributed by atoms with Gasteiger partial charge in [-0.1, -0.05) is 59.8 Å². The highest BCUT2D eigenvalue weighted by molar-refractivity contribution is 7.99. The van der Waals surface area contributed by atoms with Crippen molar-refractivity contribution < 1.29 is 4.79 Å². The molecule has 1 atom stereocenters. The van der Waals surface area contributed by atoms with E-state index in [0.717, 1.165) is 26.1 Å². The van der Waals surface area contributed by atoms with E-state index >= 15 is 0 Å². The summed E-state index contributed by atoms with van der Waals surface area (Å²) < 4.78 is 1.54. The van der Waals surface area contributed by atoms with Crippen LogP contribution in [0.4, 0.5) is 0 Å². The summed E-state index contributed by atoms with van der Waals surface area (Å²) in [6.07, 6.45) is 2.58. The number of carbonyl (C=O) groups excluding carboxylic acids is 1. The quantitative estimate of drug-likeness (QED) is 0.310. The van der Waals surface area contributed by atoms with Crippen LogP contribution in [0, 0.1) is 0 Å². The average Bonchev–Trinajstić information content (AvgIpc) is 3.21. The lowest BCUT2D eigenvalue weighted by atomic mass is 10.2. The highest BCUT2D eigenvalue weighted by Gasteiger charge is 2.24. The maximum Gasteiger partial charge on any atom is 0.262 e. The average molecular weight is 469 g/mol. The molecular weight excluding hydrogens is 444 g/mol. The van der Waals surface area contributed by atoms with Crippen LogP contribution < -0.4 is 10.9 Å². The molecule has 166 valence electrons. The molecule has 32 heavy (non-hydrogen) atoms. The van der Waals surface area contributed by atoms with E-state index in [1.165, 1.54) is 17.3 Å². The summed E-state index contributed by atoms with van der Waals surface area (Å²) in [6, 6.07) is 15.5. The number of carbonyl (C=O) groups is 1. The third kappa shape index (κ3) is 5.41. The zero-order chi connectivity index (χ0) is 22.5. The molecule has 2 heterocycles. The van der Waals surface area contributed by atoms with E-state index in [1.54, 1.807) is 28.8 Å². The molecule has 1 saturated heterocycles. The maximum atomic E-state index is 12.9. The smallest absolute Gasteiger partial charge is 0.262 e. The van der Waals surface area contributed by atoms with Crippen LogP contribution in [0.2, 0.25) is 5.02 Å². The second kappa shape index (κ2) is 10.3. The van der Waals surface area contributed by atoms with Gasteiger partial charge in [-0.3, -0.25) is 19.1 Å². The number of fused-ring (bicyclic) bond motifs is 1. The van der Waals surface area contributed by atoms with E-state index in [2.05, 4.69) is 33.9 Å². The van der Waals surface area contributed by atoms with Crippen molar-refractivity contribution in [2.75, 3.05) is 18.8 Å². The van der Waals surface area contributed by atoms with Crippen LogP contribution in [-0.4, -0.2) is 45.2 Å². The SMILES string of the molecule is C=CCn1c(SCC(=O)N[C@@H]2CCN(Cc3ccccc3)C2)nc2cc(Cl)ccc2c1=O. The number of nitrogens with one attached hydrogen (secondary N) is 1. The van der Waals surface area contributed by atoms with Crippen molar-refractivity contribution in [3.63, 3.8) is 0 Å². The fourth-order valence-electron chi connectivity index (χ4n) is 3.91. The Balaban J connectivity index is 1.38. The molecular formula is C24H25ClN4O2S. The monoisotopic (exact) mass is 468 g/mol. The molecule has 0 spiro atoms. The summed E-state index contributed by atoms with van der Waals surface area (Å²) in [7, 11) is 0. The first-order chi connectivity index (χ1) is 15.5. The van der Waals surface area contributed by atoms with Gasteiger partial charge in [-0.25, -0.2) is 4.98 Å². The van der Waals surface area contributed by atoms with Gasteiger partial charge < -0.3 is 5.32 Å². The Morgan fingerprint density at radius 2 is 2.09 bits per heavy atom. The van der Waals surface area contributed by atoms with Crippen molar-refractivity contribution in [2.24, 2.45) is 0 Å². The second-order valence-corrected chi connectivity index (χ2v) is 9.20. The number of rotatable bonds is 8. The number of hydrogen-bond donors (Lipinski definition) is 1. The van der Waals surface area contributed by atoms with Gasteiger partial charge in [0, 0.05) is 37.2 Å². The van der Waals surface area contributed by atoms with Crippen LogP contribution in [0.5, 0.6) is 0 Å². The van der Waals surface area contributed by atoms with Crippen LogP contribution in [-0.2, 0) is 17.9 Å². The van der Waals surface area contributed by atoms with Crippen LogP contribution in [0.15, 0.2) is 71.1 Å². The Bertz CT molecular complexity index is 1180. The van der Waals surface area contributed by atoms with Gasteiger partial charge in [0.25, 0.3) is 5.56 Å². The van der Waals surface area contributed by atoms with Gasteiger partial charge in [0.15, 0.2) is 5.16 Å². The molecule has 6 nitrogen and oxygen atoms in total. The predicted octanol–water partition coefficient (Wildman–Crippen LogP) is 3.72. The first kappa shape index (κ1) is 22.6. The Labute approximate surface area is 196 Å². The molecule has 1 aliphatic heterocycles. The topological polar surface area (TPSA) is 67.2 Å². The van der Waals surface area contributed by atoms with Gasteiger partial charge in [0.2, 0.25) is 5.91 Å². The maximum absolute atomic E-state index is 12.9. The van der Waals surface area contributed by atoms with E-state index in [9.17, 15) is 9.59 Å². The molecule has 0 radical (unpaired) electrons. The lowest BCUT2D eigenvalue weighted by Crippen LogP contribution is -2.38. The summed E-state index contributed by atoms with van der Waals surface area (Å²) in [5.74, 6) is 0.123. The molecule has 2 aromatic carbocycles. The summed E-state index contributed by atoms with van der Waals surface area (Å²) in [4.78, 5) is 32.4. The lowest BCUT2D eigenvalue weighted by Gasteiger charge is -2.17. The van der Waals surface area contributed by atoms with Crippen molar-refractivity contribution in [3.8, 4) is 0 Å². The number of likely N-dealkylation sites (tertiary alicyclic amines) is 1. The Kier molecular flexibility index (Phi) is 7.29. The zero-order valence-corrected chi connectivity index (χ0v) is 19.2. The van der Waals surface area contributed by atoms with Gasteiger partial charge in [0.05, 0.1) is 16.7 Å². The Hall–Kier alpha value is -2.61. The van der Waals surface area contributed by atoms with Crippen LogP contribution in [0.3, 0.4) is 0 Å². The number of thioether (sulfide) groups is 1. The van der Waals surface area contributed by atoms with Crippen molar-refractivity contribution >= 4 is 40.2 Å². The molecule has 3 aromatic rings. The van der Waals surface area contributed by atoms with Crippen molar-refractivity contribution in [2.45, 2.75) is 30.7 Å². The second-order valence-electron chi connectivity index (χ2n) is 7.82. The summed E-state index contributed by atoms with van der Waals surface area (Å²) in [5, 5.41) is 4.61. The van der Waals surface area contributed by atoms with Gasteiger partial charge in [-0.15, -0.1) is 6.58 Å². The van der Waals surface area contributed by atoms with Crippen LogP contribution >= 0.6 is 23.4 Å². The van der Waals surface area contributed by atoms with Crippen molar-refractivity contribution in [1.82, 2.24) is 19.8 Å². The number of halogens is 1. The van der Waals surface area contributed by atoms with E-state index in [4.69, 9.17) is 11.6 Å². The molecule has 0 unspecified atom stereocenters. The minimum atomic E-state index is -0.165. The van der Waals surface area contributed by atoms with Crippen molar-refractivity contribution in [3.05, 3.63) is 82.1 Å². The highest BCUT2D eigenvalue weighted by atomic mass is 35.5. The van der Waals surface area contributed by atoms with E-state index < -0.39 is 0 Å². The van der Waals surface area contributed by atoms with Crippen LogP contribution in [0.25, 0.3) is 10.9 Å². The Morgan fingerprint density at radius 1 is 1.28 bits per heavy atom. The summed E-state index contributed by atoms with van der Waals surface area (Å²) in [6.45, 7) is 6.73. The normalized spacial score (nSPS) is 16.3.